The molecule has 1 N–H and O–H groups in total. The molecule has 1 unspecified atom stereocenters. The van der Waals surface area contributed by atoms with Gasteiger partial charge in [0.15, 0.2) is 0 Å². The summed E-state index contributed by atoms with van der Waals surface area (Å²) in [6, 6.07) is 6.75. The smallest absolute Gasteiger partial charge is 0.376 e. The Morgan fingerprint density at radius 2 is 2.12 bits per heavy atom. The molecule has 2 rings (SSSR count). The lowest BCUT2D eigenvalue weighted by molar-refractivity contribution is 0.242. The van der Waals surface area contributed by atoms with E-state index < -0.39 is 0 Å². The minimum Gasteiger partial charge on any atom is -0.437 e. The van der Waals surface area contributed by atoms with E-state index in [0.717, 1.165) is 25.9 Å². The van der Waals surface area contributed by atoms with Crippen LogP contribution in [0.2, 0.25) is 6.82 Å². The molecular weight excluding hydrogens is 216 g/mol. The maximum atomic E-state index is 12.8. The molecule has 0 aromatic heterocycles. The largest absolute Gasteiger partial charge is 0.437 e. The van der Waals surface area contributed by atoms with E-state index in [4.69, 9.17) is 0 Å². The van der Waals surface area contributed by atoms with Gasteiger partial charge in [0.2, 0.25) is 0 Å². The van der Waals surface area contributed by atoms with E-state index in [1.54, 1.807) is 0 Å². The highest BCUT2D eigenvalue weighted by Gasteiger charge is 2.24. The lowest BCUT2D eigenvalue weighted by Crippen LogP contribution is -2.44. The molecule has 0 aliphatic carbocycles. The van der Waals surface area contributed by atoms with Crippen molar-refractivity contribution in [1.82, 2.24) is 4.81 Å². The molecule has 92 valence electrons. The Bertz CT molecular complexity index is 355. The third-order valence-corrected chi connectivity index (χ3v) is 3.52. The van der Waals surface area contributed by atoms with Crippen LogP contribution in [0.4, 0.5) is 4.39 Å². The lowest BCUT2D eigenvalue weighted by atomic mass is 9.79. The average molecular weight is 235 g/mol. The van der Waals surface area contributed by atoms with Crippen LogP contribution in [-0.4, -0.2) is 30.0 Å². The van der Waals surface area contributed by atoms with Gasteiger partial charge in [-0.25, -0.2) is 4.39 Å². The SMILES string of the molecule is CB(O)N1CCCC(Cc2ccc(F)cc2)C1. The number of nitrogens with zero attached hydrogens (tertiary/aromatic N) is 1. The van der Waals surface area contributed by atoms with Crippen LogP contribution in [0.3, 0.4) is 0 Å². The van der Waals surface area contributed by atoms with Gasteiger partial charge in [-0.3, -0.25) is 0 Å². The number of hydrogen-bond donors (Lipinski definition) is 1. The first-order chi connectivity index (χ1) is 8.15. The Kier molecular flexibility index (Phi) is 4.18. The predicted octanol–water partition coefficient (Wildman–Crippen LogP) is 2.19. The Morgan fingerprint density at radius 1 is 1.41 bits per heavy atom. The second-order valence-corrected chi connectivity index (χ2v) is 4.97. The molecule has 2 nitrogen and oxygen atoms in total. The molecule has 0 radical (unpaired) electrons. The van der Waals surface area contributed by atoms with Gasteiger partial charge in [0, 0.05) is 0 Å². The number of halogens is 1. The van der Waals surface area contributed by atoms with E-state index in [9.17, 15) is 9.41 Å². The van der Waals surface area contributed by atoms with E-state index >= 15 is 0 Å². The van der Waals surface area contributed by atoms with Crippen molar-refractivity contribution in [3.8, 4) is 0 Å². The molecular formula is C13H19BFNO. The highest BCUT2D eigenvalue weighted by Crippen LogP contribution is 2.21. The molecule has 0 amide bonds. The van der Waals surface area contributed by atoms with Gasteiger partial charge in [-0.05, 0) is 62.8 Å². The van der Waals surface area contributed by atoms with E-state index in [1.807, 2.05) is 19.0 Å². The fourth-order valence-corrected chi connectivity index (χ4v) is 2.56. The standard InChI is InChI=1S/C13H19BFNO/c1-14(17)16-8-2-3-12(10-16)9-11-4-6-13(15)7-5-11/h4-7,12,17H,2-3,8-10H2,1H3. The monoisotopic (exact) mass is 235 g/mol. The van der Waals surface area contributed by atoms with Crippen molar-refractivity contribution in [3.05, 3.63) is 35.6 Å². The van der Waals surface area contributed by atoms with Gasteiger partial charge in [-0.1, -0.05) is 12.1 Å². The topological polar surface area (TPSA) is 23.5 Å². The van der Waals surface area contributed by atoms with Gasteiger partial charge in [-0.15, -0.1) is 0 Å². The lowest BCUT2D eigenvalue weighted by Gasteiger charge is -2.33. The maximum Gasteiger partial charge on any atom is 0.376 e. The fourth-order valence-electron chi connectivity index (χ4n) is 2.56. The summed E-state index contributed by atoms with van der Waals surface area (Å²) in [6.07, 6.45) is 3.31. The van der Waals surface area contributed by atoms with E-state index in [-0.39, 0.29) is 12.9 Å². The Balaban J connectivity index is 1.92. The first-order valence-electron chi connectivity index (χ1n) is 6.31. The van der Waals surface area contributed by atoms with Crippen LogP contribution < -0.4 is 0 Å². The van der Waals surface area contributed by atoms with Crippen molar-refractivity contribution < 1.29 is 9.41 Å². The maximum absolute atomic E-state index is 12.8. The zero-order valence-corrected chi connectivity index (χ0v) is 10.3. The second kappa shape index (κ2) is 5.65. The molecule has 0 saturated carbocycles. The molecule has 1 aliphatic heterocycles. The van der Waals surface area contributed by atoms with Gasteiger partial charge >= 0.3 is 7.05 Å². The average Bonchev–Trinajstić information content (AvgIpc) is 2.32. The van der Waals surface area contributed by atoms with Crippen LogP contribution >= 0.6 is 0 Å². The summed E-state index contributed by atoms with van der Waals surface area (Å²) < 4.78 is 12.8. The third kappa shape index (κ3) is 3.55. The molecule has 1 aromatic rings. The van der Waals surface area contributed by atoms with Gasteiger partial charge in [0.05, 0.1) is 0 Å². The van der Waals surface area contributed by atoms with Crippen LogP contribution in [0, 0.1) is 11.7 Å². The summed E-state index contributed by atoms with van der Waals surface area (Å²) in [4.78, 5) is 2.11. The predicted molar refractivity (Wildman–Crippen MR) is 68.2 cm³/mol. The third-order valence-electron chi connectivity index (χ3n) is 3.52. The van der Waals surface area contributed by atoms with Crippen LogP contribution in [0.25, 0.3) is 0 Å². The second-order valence-electron chi connectivity index (χ2n) is 4.97. The summed E-state index contributed by atoms with van der Waals surface area (Å²) in [5.74, 6) is 0.395. The Hall–Kier alpha value is -0.865. The molecule has 0 spiro atoms. The Morgan fingerprint density at radius 3 is 2.76 bits per heavy atom. The van der Waals surface area contributed by atoms with E-state index in [1.165, 1.54) is 24.1 Å². The van der Waals surface area contributed by atoms with Gasteiger partial charge in [-0.2, -0.15) is 0 Å². The van der Waals surface area contributed by atoms with Crippen LogP contribution in [0.15, 0.2) is 24.3 Å². The van der Waals surface area contributed by atoms with Gasteiger partial charge < -0.3 is 9.83 Å². The molecule has 1 fully saturated rings. The Labute approximate surface area is 103 Å². The summed E-state index contributed by atoms with van der Waals surface area (Å²) in [5.41, 5.74) is 1.18. The number of benzene rings is 1. The fraction of sp³-hybridized carbons (Fsp3) is 0.538. The number of hydrogen-bond acceptors (Lipinski definition) is 2. The van der Waals surface area contributed by atoms with Crippen molar-refractivity contribution >= 4 is 7.05 Å². The zero-order valence-electron chi connectivity index (χ0n) is 10.3. The van der Waals surface area contributed by atoms with Crippen molar-refractivity contribution in [2.24, 2.45) is 5.92 Å². The highest BCUT2D eigenvalue weighted by molar-refractivity contribution is 6.45. The van der Waals surface area contributed by atoms with Crippen molar-refractivity contribution in [3.63, 3.8) is 0 Å². The molecule has 17 heavy (non-hydrogen) atoms. The summed E-state index contributed by atoms with van der Waals surface area (Å²) in [6.45, 7) is 3.74. The van der Waals surface area contributed by atoms with E-state index in [2.05, 4.69) is 4.81 Å². The van der Waals surface area contributed by atoms with Crippen molar-refractivity contribution in [2.45, 2.75) is 26.1 Å². The quantitative estimate of drug-likeness (QED) is 0.812. The summed E-state index contributed by atoms with van der Waals surface area (Å²) in [7, 11) is -0.356. The van der Waals surface area contributed by atoms with Crippen LogP contribution in [0.5, 0.6) is 0 Å². The highest BCUT2D eigenvalue weighted by atomic mass is 19.1. The van der Waals surface area contributed by atoms with Crippen LogP contribution in [0.1, 0.15) is 18.4 Å². The number of rotatable bonds is 3. The normalized spacial score (nSPS) is 21.5. The molecule has 1 heterocycles. The summed E-state index contributed by atoms with van der Waals surface area (Å²) >= 11 is 0. The zero-order chi connectivity index (χ0) is 12.3. The minimum atomic E-state index is -0.356. The molecule has 1 saturated heterocycles. The first kappa shape index (κ1) is 12.6. The van der Waals surface area contributed by atoms with Crippen molar-refractivity contribution in [2.75, 3.05) is 13.1 Å². The molecule has 1 atom stereocenters. The molecule has 4 heteroatoms. The summed E-state index contributed by atoms with van der Waals surface area (Å²) in [5, 5.41) is 9.57. The minimum absolute atomic E-state index is 0.178. The van der Waals surface area contributed by atoms with Gasteiger partial charge in [0.1, 0.15) is 5.82 Å². The molecule has 0 bridgehead atoms. The van der Waals surface area contributed by atoms with Gasteiger partial charge in [0.25, 0.3) is 0 Å². The molecule has 1 aliphatic rings. The van der Waals surface area contributed by atoms with E-state index in [0.29, 0.717) is 5.92 Å². The first-order valence-corrected chi connectivity index (χ1v) is 6.31. The van der Waals surface area contributed by atoms with Crippen molar-refractivity contribution in [1.29, 1.82) is 0 Å². The molecule has 1 aromatic carbocycles. The van der Waals surface area contributed by atoms with Crippen LogP contribution in [-0.2, 0) is 6.42 Å². The number of piperidine rings is 1.